The first-order chi connectivity index (χ1) is 17.0. The highest BCUT2D eigenvalue weighted by Gasteiger charge is 2.51. The Hall–Kier alpha value is -2.77. The summed E-state index contributed by atoms with van der Waals surface area (Å²) in [5.74, 6) is -2.43. The molecule has 0 aromatic rings. The molecule has 1 heterocycles. The van der Waals surface area contributed by atoms with Gasteiger partial charge >= 0.3 is 17.9 Å². The molecule has 0 radical (unpaired) electrons. The van der Waals surface area contributed by atoms with E-state index in [2.05, 4.69) is 10.6 Å². The number of unbranched alkanes of at least 4 members (excludes halogenated alkanes) is 2. The Balaban J connectivity index is 2.85. The molecular formula is C23H39N3O10. The monoisotopic (exact) mass is 517 g/mol. The van der Waals surface area contributed by atoms with Gasteiger partial charge in [0.05, 0.1) is 0 Å². The van der Waals surface area contributed by atoms with Crippen LogP contribution >= 0.6 is 0 Å². The van der Waals surface area contributed by atoms with E-state index in [9.17, 15) is 24.0 Å². The van der Waals surface area contributed by atoms with E-state index in [1.165, 1.54) is 27.7 Å². The maximum Gasteiger partial charge on any atom is 0.303 e. The van der Waals surface area contributed by atoms with Gasteiger partial charge in [-0.25, -0.2) is 0 Å². The van der Waals surface area contributed by atoms with Gasteiger partial charge in [0, 0.05) is 47.3 Å². The molecule has 1 rings (SSSR count). The van der Waals surface area contributed by atoms with Crippen LogP contribution in [-0.2, 0) is 47.7 Å². The Labute approximate surface area is 211 Å². The zero-order valence-corrected chi connectivity index (χ0v) is 21.4. The molecule has 36 heavy (non-hydrogen) atoms. The number of carbonyl (C=O) groups is 5. The lowest BCUT2D eigenvalue weighted by Gasteiger charge is -2.44. The molecular weight excluding hydrogens is 478 g/mol. The van der Waals surface area contributed by atoms with E-state index in [1.807, 2.05) is 0 Å². The lowest BCUT2D eigenvalue weighted by atomic mass is 9.96. The van der Waals surface area contributed by atoms with Gasteiger partial charge in [0.1, 0.15) is 18.8 Å². The fourth-order valence-corrected chi connectivity index (χ4v) is 3.62. The fourth-order valence-electron chi connectivity index (χ4n) is 3.62. The number of amides is 2. The van der Waals surface area contributed by atoms with Crippen LogP contribution in [0.4, 0.5) is 0 Å². The normalized spacial score (nSPS) is 23.3. The summed E-state index contributed by atoms with van der Waals surface area (Å²) in [6.45, 7) is 5.80. The Morgan fingerprint density at radius 3 is 2.11 bits per heavy atom. The molecule has 4 N–H and O–H groups in total. The molecule has 0 aromatic heterocycles. The first-order valence-corrected chi connectivity index (χ1v) is 12.0. The predicted molar refractivity (Wildman–Crippen MR) is 125 cm³/mol. The molecule has 13 nitrogen and oxygen atoms in total. The highest BCUT2D eigenvalue weighted by Crippen LogP contribution is 2.28. The smallest absolute Gasteiger partial charge is 0.303 e. The quantitative estimate of drug-likeness (QED) is 0.147. The topological polar surface area (TPSA) is 182 Å². The number of ether oxygens (including phenoxy) is 5. The molecule has 0 spiro atoms. The van der Waals surface area contributed by atoms with Gasteiger partial charge in [-0.1, -0.05) is 6.42 Å². The average molecular weight is 518 g/mol. The third-order valence-corrected chi connectivity index (χ3v) is 5.10. The summed E-state index contributed by atoms with van der Waals surface area (Å²) in [4.78, 5) is 58.6. The predicted octanol–water partition coefficient (Wildman–Crippen LogP) is -0.315. The van der Waals surface area contributed by atoms with Crippen molar-refractivity contribution in [1.29, 1.82) is 0 Å². The second-order valence-electron chi connectivity index (χ2n) is 8.39. The van der Waals surface area contributed by atoms with Gasteiger partial charge in [-0.3, -0.25) is 24.0 Å². The van der Waals surface area contributed by atoms with Gasteiger partial charge in [0.25, 0.3) is 0 Å². The Kier molecular flexibility index (Phi) is 14.6. The second-order valence-corrected chi connectivity index (χ2v) is 8.39. The van der Waals surface area contributed by atoms with E-state index in [4.69, 9.17) is 29.4 Å². The number of carbonyl (C=O) groups excluding carboxylic acids is 5. The van der Waals surface area contributed by atoms with Crippen LogP contribution in [0.3, 0.4) is 0 Å². The molecule has 5 atom stereocenters. The summed E-state index contributed by atoms with van der Waals surface area (Å²) in [6.07, 6.45) is -1.40. The average Bonchev–Trinajstić information content (AvgIpc) is 2.77. The molecule has 2 amide bonds. The summed E-state index contributed by atoms with van der Waals surface area (Å²) in [7, 11) is 0. The molecule has 13 heteroatoms. The summed E-state index contributed by atoms with van der Waals surface area (Å²) in [6, 6.07) is -1.00. The van der Waals surface area contributed by atoms with Crippen LogP contribution in [0.1, 0.15) is 59.8 Å². The van der Waals surface area contributed by atoms with E-state index >= 15 is 0 Å². The Bertz CT molecular complexity index is 748. The van der Waals surface area contributed by atoms with Crippen molar-refractivity contribution >= 4 is 29.7 Å². The molecule has 5 unspecified atom stereocenters. The molecule has 0 saturated carbocycles. The largest absolute Gasteiger partial charge is 0.463 e. The summed E-state index contributed by atoms with van der Waals surface area (Å²) in [5, 5.41) is 5.43. The van der Waals surface area contributed by atoms with E-state index in [0.29, 0.717) is 38.8 Å². The maximum atomic E-state index is 11.9. The minimum Gasteiger partial charge on any atom is -0.463 e. The van der Waals surface area contributed by atoms with Gasteiger partial charge in [-0.05, 0) is 25.8 Å². The second kappa shape index (κ2) is 16.8. The molecule has 0 aromatic carbocycles. The van der Waals surface area contributed by atoms with E-state index in [1.54, 1.807) is 0 Å². The van der Waals surface area contributed by atoms with Crippen molar-refractivity contribution in [1.82, 2.24) is 10.6 Å². The first-order valence-electron chi connectivity index (χ1n) is 12.0. The third kappa shape index (κ3) is 12.3. The maximum absolute atomic E-state index is 11.9. The number of rotatable bonds is 15. The van der Waals surface area contributed by atoms with Crippen LogP contribution in [-0.4, -0.2) is 86.7 Å². The molecule has 1 saturated heterocycles. The number of esters is 3. The number of hydrogen-bond acceptors (Lipinski definition) is 11. The molecule has 0 bridgehead atoms. The number of nitrogens with two attached hydrogens (primary N) is 1. The van der Waals surface area contributed by atoms with Crippen molar-refractivity contribution in [2.45, 2.75) is 90.4 Å². The highest BCUT2D eigenvalue weighted by molar-refractivity contribution is 5.75. The van der Waals surface area contributed by atoms with E-state index in [-0.39, 0.29) is 19.1 Å². The van der Waals surface area contributed by atoms with Crippen molar-refractivity contribution in [2.75, 3.05) is 26.3 Å². The Morgan fingerprint density at radius 2 is 1.53 bits per heavy atom. The van der Waals surface area contributed by atoms with Gasteiger partial charge < -0.3 is 40.1 Å². The van der Waals surface area contributed by atoms with Crippen molar-refractivity contribution in [3.8, 4) is 0 Å². The molecule has 1 aliphatic heterocycles. The van der Waals surface area contributed by atoms with Gasteiger partial charge in [-0.15, -0.1) is 0 Å². The van der Waals surface area contributed by atoms with Crippen LogP contribution in [0.25, 0.3) is 0 Å². The van der Waals surface area contributed by atoms with Crippen LogP contribution in [0, 0.1) is 0 Å². The summed E-state index contributed by atoms with van der Waals surface area (Å²) < 4.78 is 27.6. The lowest BCUT2D eigenvalue weighted by molar-refractivity contribution is -0.277. The van der Waals surface area contributed by atoms with Crippen LogP contribution < -0.4 is 16.4 Å². The van der Waals surface area contributed by atoms with Crippen molar-refractivity contribution < 1.29 is 47.7 Å². The minimum absolute atomic E-state index is 0.0419. The zero-order chi connectivity index (χ0) is 27.1. The zero-order valence-electron chi connectivity index (χ0n) is 21.4. The van der Waals surface area contributed by atoms with Crippen LogP contribution in [0.5, 0.6) is 0 Å². The molecule has 1 fully saturated rings. The van der Waals surface area contributed by atoms with Crippen molar-refractivity contribution in [2.24, 2.45) is 5.73 Å². The van der Waals surface area contributed by atoms with Crippen molar-refractivity contribution in [3.05, 3.63) is 0 Å². The molecule has 0 aliphatic carbocycles. The van der Waals surface area contributed by atoms with E-state index in [0.717, 1.165) is 6.42 Å². The minimum atomic E-state index is -1.17. The third-order valence-electron chi connectivity index (χ3n) is 5.10. The van der Waals surface area contributed by atoms with Crippen molar-refractivity contribution in [3.63, 3.8) is 0 Å². The summed E-state index contributed by atoms with van der Waals surface area (Å²) >= 11 is 0. The number of hydrogen-bond donors (Lipinski definition) is 3. The summed E-state index contributed by atoms with van der Waals surface area (Å²) in [5.41, 5.74) is 5.40. The van der Waals surface area contributed by atoms with Gasteiger partial charge in [0.15, 0.2) is 18.5 Å². The van der Waals surface area contributed by atoms with Crippen LogP contribution in [0.2, 0.25) is 0 Å². The molecule has 1 aliphatic rings. The standard InChI is InChI=1S/C23H39N3O10/c1-14(27)26-20-22(35-17(4)30)21(34-16(3)29)18(13-33-15(2)28)36-23(20)32-12-7-5-6-9-19(31)25-11-8-10-24/h18,20-23H,5-13,24H2,1-4H3,(H,25,31)(H,26,27). The fraction of sp³-hybridized carbons (Fsp3) is 0.783. The SMILES string of the molecule is CC(=O)NC1C(OCCCCCC(=O)NCCCN)OC(COC(C)=O)C(OC(C)=O)C1OC(C)=O. The Morgan fingerprint density at radius 1 is 0.861 bits per heavy atom. The van der Waals surface area contributed by atoms with E-state index < -0.39 is 54.5 Å². The van der Waals surface area contributed by atoms with Crippen LogP contribution in [0.15, 0.2) is 0 Å². The first kappa shape index (κ1) is 31.3. The lowest BCUT2D eigenvalue weighted by Crippen LogP contribution is -2.66. The van der Waals surface area contributed by atoms with Gasteiger partial charge in [0.2, 0.25) is 11.8 Å². The number of nitrogens with one attached hydrogen (secondary N) is 2. The van der Waals surface area contributed by atoms with Gasteiger partial charge in [-0.2, -0.15) is 0 Å². The highest BCUT2D eigenvalue weighted by atomic mass is 16.7. The molecule has 206 valence electrons.